The van der Waals surface area contributed by atoms with Crippen molar-refractivity contribution in [1.29, 1.82) is 0 Å². The average molecular weight is 788 g/mol. The van der Waals surface area contributed by atoms with Crippen LogP contribution in [0.1, 0.15) is 0 Å². The summed E-state index contributed by atoms with van der Waals surface area (Å²) in [6, 6.07) is 87.8. The van der Waals surface area contributed by atoms with E-state index < -0.39 is 0 Å². The van der Waals surface area contributed by atoms with Gasteiger partial charge in [-0.15, -0.1) is 0 Å². The molecule has 10 aromatic carbocycles. The fourth-order valence-electron chi connectivity index (χ4n) is 9.36. The zero-order valence-electron chi connectivity index (χ0n) is 34.1. The molecule has 1 aromatic heterocycles. The van der Waals surface area contributed by atoms with Crippen molar-refractivity contribution in [3.63, 3.8) is 0 Å². The van der Waals surface area contributed by atoms with E-state index in [-0.39, 0.29) is 0 Å². The highest BCUT2D eigenvalue weighted by atomic mass is 14.7. The standard InChI is InChI=1S/C61H41N/c1-5-19-44(20-6-1)54-41-55(59(47-23-9-3-10-24-47)60(48-25-11-4-12-26-48)58(54)46-21-7-2-8-22-46)45-36-32-42(33-37-45)43-34-38-49(39-35-43)57-50-27-13-15-29-52(50)61(56-31-17-18-40-62-56)53-30-16-14-28-51(53)57/h1-41H. The van der Waals surface area contributed by atoms with E-state index in [1.54, 1.807) is 0 Å². The van der Waals surface area contributed by atoms with Crippen molar-refractivity contribution in [2.45, 2.75) is 0 Å². The van der Waals surface area contributed by atoms with Gasteiger partial charge in [-0.3, -0.25) is 4.98 Å². The molecule has 0 unspecified atom stereocenters. The third-order valence-electron chi connectivity index (χ3n) is 12.2. The number of hydrogen-bond acceptors (Lipinski definition) is 1. The van der Waals surface area contributed by atoms with E-state index in [9.17, 15) is 0 Å². The summed E-state index contributed by atoms with van der Waals surface area (Å²) in [5, 5.41) is 4.86. The molecule has 0 radical (unpaired) electrons. The second-order valence-corrected chi connectivity index (χ2v) is 15.8. The van der Waals surface area contributed by atoms with Gasteiger partial charge in [0.2, 0.25) is 0 Å². The van der Waals surface area contributed by atoms with Crippen LogP contribution in [0.3, 0.4) is 0 Å². The molecule has 0 amide bonds. The second-order valence-electron chi connectivity index (χ2n) is 15.8. The quantitative estimate of drug-likeness (QED) is 0.140. The molecule has 11 rings (SSSR count). The van der Waals surface area contributed by atoms with Crippen LogP contribution in [0.25, 0.3) is 111 Å². The monoisotopic (exact) mass is 787 g/mol. The number of fused-ring (bicyclic) bond motifs is 2. The first-order chi connectivity index (χ1) is 30.8. The molecule has 11 aromatic rings. The smallest absolute Gasteiger partial charge is 0.0714 e. The molecule has 0 fully saturated rings. The van der Waals surface area contributed by atoms with Gasteiger partial charge >= 0.3 is 0 Å². The Morgan fingerprint density at radius 3 is 0.968 bits per heavy atom. The third-order valence-corrected chi connectivity index (χ3v) is 12.2. The van der Waals surface area contributed by atoms with Gasteiger partial charge in [0.15, 0.2) is 0 Å². The molecular weight excluding hydrogens is 747 g/mol. The fourth-order valence-corrected chi connectivity index (χ4v) is 9.36. The summed E-state index contributed by atoms with van der Waals surface area (Å²) in [6.07, 6.45) is 1.88. The number of pyridine rings is 1. The molecule has 62 heavy (non-hydrogen) atoms. The first-order valence-corrected chi connectivity index (χ1v) is 21.3. The van der Waals surface area contributed by atoms with Gasteiger partial charge < -0.3 is 0 Å². The van der Waals surface area contributed by atoms with E-state index in [1.807, 2.05) is 12.3 Å². The van der Waals surface area contributed by atoms with Crippen LogP contribution in [0.2, 0.25) is 0 Å². The Kier molecular flexibility index (Phi) is 9.61. The van der Waals surface area contributed by atoms with Gasteiger partial charge in [-0.25, -0.2) is 0 Å². The van der Waals surface area contributed by atoms with Crippen molar-refractivity contribution in [1.82, 2.24) is 4.98 Å². The lowest BCUT2D eigenvalue weighted by Crippen LogP contribution is -1.98. The molecule has 0 aliphatic carbocycles. The van der Waals surface area contributed by atoms with Crippen molar-refractivity contribution in [3.05, 3.63) is 249 Å². The van der Waals surface area contributed by atoms with E-state index >= 15 is 0 Å². The van der Waals surface area contributed by atoms with E-state index in [4.69, 9.17) is 4.98 Å². The molecule has 0 aliphatic heterocycles. The van der Waals surface area contributed by atoms with Crippen molar-refractivity contribution in [2.75, 3.05) is 0 Å². The maximum absolute atomic E-state index is 4.79. The van der Waals surface area contributed by atoms with E-state index in [0.29, 0.717) is 0 Å². The maximum Gasteiger partial charge on any atom is 0.0714 e. The third kappa shape index (κ3) is 6.67. The van der Waals surface area contributed by atoms with Crippen molar-refractivity contribution < 1.29 is 0 Å². The average Bonchev–Trinajstić information content (AvgIpc) is 3.36. The first-order valence-electron chi connectivity index (χ1n) is 21.3. The molecule has 0 N–H and O–H groups in total. The van der Waals surface area contributed by atoms with Crippen LogP contribution in [0.5, 0.6) is 0 Å². The van der Waals surface area contributed by atoms with Crippen LogP contribution in [-0.2, 0) is 0 Å². The molecule has 0 atom stereocenters. The van der Waals surface area contributed by atoms with Gasteiger partial charge in [-0.05, 0) is 118 Å². The van der Waals surface area contributed by atoms with Crippen LogP contribution >= 0.6 is 0 Å². The number of benzene rings is 10. The lowest BCUT2D eigenvalue weighted by molar-refractivity contribution is 1.34. The van der Waals surface area contributed by atoms with Crippen molar-refractivity contribution >= 4 is 21.5 Å². The molecule has 0 bridgehead atoms. The summed E-state index contributed by atoms with van der Waals surface area (Å²) in [6.45, 7) is 0. The lowest BCUT2D eigenvalue weighted by Gasteiger charge is -2.24. The molecule has 1 nitrogen and oxygen atoms in total. The second kappa shape index (κ2) is 16.1. The van der Waals surface area contributed by atoms with Gasteiger partial charge in [0.05, 0.1) is 5.69 Å². The topological polar surface area (TPSA) is 12.9 Å². The molecule has 0 aliphatic rings. The number of nitrogens with zero attached hydrogens (tertiary/aromatic N) is 1. The van der Waals surface area contributed by atoms with Gasteiger partial charge in [0.25, 0.3) is 0 Å². The van der Waals surface area contributed by atoms with Crippen molar-refractivity contribution in [2.24, 2.45) is 0 Å². The predicted molar refractivity (Wildman–Crippen MR) is 263 cm³/mol. The summed E-state index contributed by atoms with van der Waals surface area (Å²) < 4.78 is 0. The zero-order chi connectivity index (χ0) is 41.2. The highest BCUT2D eigenvalue weighted by molar-refractivity contribution is 6.21. The van der Waals surface area contributed by atoms with E-state index in [1.165, 1.54) is 105 Å². The number of hydrogen-bond donors (Lipinski definition) is 0. The minimum atomic E-state index is 0.987. The molecule has 290 valence electrons. The Hall–Kier alpha value is -8.13. The summed E-state index contributed by atoms with van der Waals surface area (Å²) in [5.74, 6) is 0. The van der Waals surface area contributed by atoms with Crippen LogP contribution in [0.15, 0.2) is 249 Å². The van der Waals surface area contributed by atoms with E-state index in [2.05, 4.69) is 237 Å². The Bertz CT molecular complexity index is 3270. The van der Waals surface area contributed by atoms with Gasteiger partial charge in [0, 0.05) is 11.8 Å². The predicted octanol–water partition coefficient (Wildman–Crippen LogP) is 16.7. The van der Waals surface area contributed by atoms with Crippen molar-refractivity contribution in [3.8, 4) is 89.1 Å². The number of aromatic nitrogens is 1. The highest BCUT2D eigenvalue weighted by Gasteiger charge is 2.24. The Balaban J connectivity index is 1.06. The minimum Gasteiger partial charge on any atom is -0.256 e. The SMILES string of the molecule is c1ccc(-c2cc(-c3ccc(-c4ccc(-c5c6ccccc6c(-c6ccccn6)c6ccccc56)cc4)cc3)c(-c3ccccc3)c(-c3ccccc3)c2-c2ccccc2)cc1. The Morgan fingerprint density at radius 1 is 0.210 bits per heavy atom. The van der Waals surface area contributed by atoms with Gasteiger partial charge in [-0.2, -0.15) is 0 Å². The summed E-state index contributed by atoms with van der Waals surface area (Å²) in [7, 11) is 0. The Labute approximate surface area is 362 Å². The molecule has 0 saturated carbocycles. The zero-order valence-corrected chi connectivity index (χ0v) is 34.1. The van der Waals surface area contributed by atoms with Gasteiger partial charge in [0.1, 0.15) is 0 Å². The highest BCUT2D eigenvalue weighted by Crippen LogP contribution is 2.50. The molecule has 1 heteroatoms. The van der Waals surface area contributed by atoms with E-state index in [0.717, 1.165) is 5.69 Å². The molecule has 0 saturated heterocycles. The molecule has 0 spiro atoms. The normalized spacial score (nSPS) is 11.2. The molecule has 1 heterocycles. The van der Waals surface area contributed by atoms with Crippen LogP contribution in [-0.4, -0.2) is 4.98 Å². The molecular formula is C61H41N. The van der Waals surface area contributed by atoms with Crippen LogP contribution in [0, 0.1) is 0 Å². The Morgan fingerprint density at radius 2 is 0.532 bits per heavy atom. The first kappa shape index (κ1) is 36.9. The minimum absolute atomic E-state index is 0.987. The summed E-state index contributed by atoms with van der Waals surface area (Å²) in [5.41, 5.74) is 19.0. The summed E-state index contributed by atoms with van der Waals surface area (Å²) >= 11 is 0. The summed E-state index contributed by atoms with van der Waals surface area (Å²) in [4.78, 5) is 4.79. The fraction of sp³-hybridized carbons (Fsp3) is 0. The van der Waals surface area contributed by atoms with Gasteiger partial charge in [-0.1, -0.05) is 224 Å². The van der Waals surface area contributed by atoms with Crippen LogP contribution in [0.4, 0.5) is 0 Å². The lowest BCUT2D eigenvalue weighted by atomic mass is 9.79. The maximum atomic E-state index is 4.79. The van der Waals surface area contributed by atoms with Crippen LogP contribution < -0.4 is 0 Å². The largest absolute Gasteiger partial charge is 0.256 e. The number of rotatable bonds is 8.